The van der Waals surface area contributed by atoms with Gasteiger partial charge in [0, 0.05) is 13.5 Å². The molecule has 0 N–H and O–H groups in total. The molecule has 4 heteroatoms. The minimum atomic E-state index is -0.879. The van der Waals surface area contributed by atoms with Gasteiger partial charge in [0.15, 0.2) is 14.7 Å². The molecule has 0 atom stereocenters. The zero-order valence-corrected chi connectivity index (χ0v) is 9.74. The molecule has 0 aromatic carbocycles. The van der Waals surface area contributed by atoms with Gasteiger partial charge in [-0.05, 0) is 6.92 Å². The number of carbonyl (C=O) groups excluding carboxylic acids is 1. The maximum absolute atomic E-state index is 11.1. The number of hydrogen-bond donors (Lipinski definition) is 0. The van der Waals surface area contributed by atoms with Crippen LogP contribution in [0.2, 0.25) is 13.1 Å². The molecule has 12 heavy (non-hydrogen) atoms. The summed E-state index contributed by atoms with van der Waals surface area (Å²) >= 11 is 0. The lowest BCUT2D eigenvalue weighted by molar-refractivity contribution is -0.112. The van der Waals surface area contributed by atoms with E-state index in [0.717, 1.165) is 0 Å². The zero-order valence-electron chi connectivity index (χ0n) is 8.59. The molecule has 0 amide bonds. The van der Waals surface area contributed by atoms with E-state index in [1.54, 1.807) is 6.92 Å². The smallest absolute Gasteiger partial charge is 0.178 e. The lowest BCUT2D eigenvalue weighted by atomic mass is 10.2. The summed E-state index contributed by atoms with van der Waals surface area (Å²) in [6, 6.07) is 0. The molecule has 0 aromatic heterocycles. The fourth-order valence-corrected chi connectivity index (χ4v) is 1.07. The van der Waals surface area contributed by atoms with Crippen molar-refractivity contribution >= 4 is 20.5 Å². The minimum absolute atomic E-state index is 0.136. The van der Waals surface area contributed by atoms with Gasteiger partial charge in [-0.3, -0.25) is 4.79 Å². The SMILES string of the molecule is CCC(=O)C(C)=NN(C)[SiH](C)C. The Kier molecular flexibility index (Phi) is 4.81. The second kappa shape index (κ2) is 5.08. The van der Waals surface area contributed by atoms with Crippen LogP contribution >= 0.6 is 0 Å². The number of rotatable bonds is 4. The van der Waals surface area contributed by atoms with Crippen molar-refractivity contribution in [2.24, 2.45) is 5.10 Å². The van der Waals surface area contributed by atoms with Crippen LogP contribution in [0.1, 0.15) is 20.3 Å². The third kappa shape index (κ3) is 3.66. The molecule has 0 fully saturated rings. The van der Waals surface area contributed by atoms with Crippen molar-refractivity contribution < 1.29 is 4.79 Å². The predicted molar refractivity (Wildman–Crippen MR) is 55.0 cm³/mol. The molecule has 0 unspecified atom stereocenters. The molecule has 0 saturated heterocycles. The van der Waals surface area contributed by atoms with E-state index >= 15 is 0 Å². The Balaban J connectivity index is 4.25. The van der Waals surface area contributed by atoms with Crippen molar-refractivity contribution in [1.82, 2.24) is 4.67 Å². The van der Waals surface area contributed by atoms with Gasteiger partial charge in [-0.1, -0.05) is 20.0 Å². The summed E-state index contributed by atoms with van der Waals surface area (Å²) in [4.78, 5) is 11.1. The summed E-state index contributed by atoms with van der Waals surface area (Å²) < 4.78 is 1.93. The highest BCUT2D eigenvalue weighted by Gasteiger charge is 2.06. The number of Topliss-reactive ketones (excluding diaryl/α,β-unsaturated/α-hetero) is 1. The Morgan fingerprint density at radius 3 is 2.33 bits per heavy atom. The second-order valence-electron chi connectivity index (χ2n) is 3.13. The Labute approximate surface area is 76.1 Å². The van der Waals surface area contributed by atoms with Crippen molar-refractivity contribution in [2.45, 2.75) is 33.4 Å². The number of nitrogens with zero attached hydrogens (tertiary/aromatic N) is 2. The summed E-state index contributed by atoms with van der Waals surface area (Å²) in [6.45, 7) is 7.98. The van der Waals surface area contributed by atoms with E-state index in [2.05, 4.69) is 18.2 Å². The van der Waals surface area contributed by atoms with E-state index in [1.165, 1.54) is 0 Å². The van der Waals surface area contributed by atoms with Gasteiger partial charge in [0.1, 0.15) is 0 Å². The van der Waals surface area contributed by atoms with Gasteiger partial charge in [0.05, 0.1) is 5.71 Å². The zero-order chi connectivity index (χ0) is 9.72. The van der Waals surface area contributed by atoms with E-state index < -0.39 is 8.96 Å². The van der Waals surface area contributed by atoms with Crippen LogP contribution < -0.4 is 0 Å². The fraction of sp³-hybridized carbons (Fsp3) is 0.750. The van der Waals surface area contributed by atoms with Crippen molar-refractivity contribution in [3.63, 3.8) is 0 Å². The highest BCUT2D eigenvalue weighted by atomic mass is 28.3. The lowest BCUT2D eigenvalue weighted by Gasteiger charge is -2.17. The van der Waals surface area contributed by atoms with Crippen LogP contribution in [0, 0.1) is 0 Å². The normalized spacial score (nSPS) is 12.0. The topological polar surface area (TPSA) is 32.7 Å². The van der Waals surface area contributed by atoms with Crippen LogP contribution in [0.25, 0.3) is 0 Å². The third-order valence-corrected chi connectivity index (χ3v) is 3.39. The van der Waals surface area contributed by atoms with Gasteiger partial charge >= 0.3 is 0 Å². The number of hydrazone groups is 1. The Morgan fingerprint density at radius 1 is 1.50 bits per heavy atom. The Bertz CT molecular complexity index is 189. The highest BCUT2D eigenvalue weighted by molar-refractivity contribution is 6.52. The molecule has 0 aliphatic heterocycles. The van der Waals surface area contributed by atoms with Gasteiger partial charge in [-0.25, -0.2) is 0 Å². The van der Waals surface area contributed by atoms with Crippen LogP contribution in [0.5, 0.6) is 0 Å². The van der Waals surface area contributed by atoms with Gasteiger partial charge in [0.2, 0.25) is 0 Å². The number of carbonyl (C=O) groups is 1. The van der Waals surface area contributed by atoms with Crippen LogP contribution in [-0.4, -0.2) is 32.2 Å². The third-order valence-electron chi connectivity index (χ3n) is 1.78. The molecular weight excluding hydrogens is 168 g/mol. The Morgan fingerprint density at radius 2 is 2.00 bits per heavy atom. The van der Waals surface area contributed by atoms with E-state index in [4.69, 9.17) is 0 Å². The molecule has 0 heterocycles. The quantitative estimate of drug-likeness (QED) is 0.376. The molecular formula is C8H18N2OSi. The minimum Gasteiger partial charge on any atom is -0.331 e. The summed E-state index contributed by atoms with van der Waals surface area (Å²) in [5, 5.41) is 4.21. The second-order valence-corrected chi connectivity index (χ2v) is 6.06. The van der Waals surface area contributed by atoms with Crippen molar-refractivity contribution in [3.8, 4) is 0 Å². The molecule has 3 nitrogen and oxygen atoms in total. The predicted octanol–water partition coefficient (Wildman–Crippen LogP) is 1.26. The fourth-order valence-electron chi connectivity index (χ4n) is 0.664. The van der Waals surface area contributed by atoms with Crippen LogP contribution in [0.4, 0.5) is 0 Å². The molecule has 0 aromatic rings. The van der Waals surface area contributed by atoms with Crippen LogP contribution in [0.3, 0.4) is 0 Å². The van der Waals surface area contributed by atoms with E-state index in [9.17, 15) is 4.79 Å². The average Bonchev–Trinajstić information content (AvgIpc) is 2.02. The maximum Gasteiger partial charge on any atom is 0.178 e. The molecule has 0 radical (unpaired) electrons. The molecule has 0 saturated carbocycles. The number of hydrogen-bond acceptors (Lipinski definition) is 3. The largest absolute Gasteiger partial charge is 0.331 e. The summed E-state index contributed by atoms with van der Waals surface area (Å²) in [5.41, 5.74) is 0.626. The summed E-state index contributed by atoms with van der Waals surface area (Å²) in [5.74, 6) is 0.136. The van der Waals surface area contributed by atoms with Crippen molar-refractivity contribution in [1.29, 1.82) is 0 Å². The van der Waals surface area contributed by atoms with Gasteiger partial charge < -0.3 is 4.67 Å². The average molecular weight is 186 g/mol. The summed E-state index contributed by atoms with van der Waals surface area (Å²) in [6.07, 6.45) is 0.544. The standard InChI is InChI=1S/C8H18N2OSi/c1-6-8(11)7(2)9-10(3)12(4)5/h12H,6H2,1-5H3. The Hall–Kier alpha value is -0.643. The molecule has 0 bridgehead atoms. The summed E-state index contributed by atoms with van der Waals surface area (Å²) in [7, 11) is 1.05. The first-order valence-electron chi connectivity index (χ1n) is 4.30. The maximum atomic E-state index is 11.1. The monoisotopic (exact) mass is 186 g/mol. The first-order valence-corrected chi connectivity index (χ1v) is 7.12. The van der Waals surface area contributed by atoms with Gasteiger partial charge in [-0.2, -0.15) is 5.10 Å². The molecule has 70 valence electrons. The molecule has 0 aliphatic carbocycles. The molecule has 0 rings (SSSR count). The van der Waals surface area contributed by atoms with Gasteiger partial charge in [0.25, 0.3) is 0 Å². The first-order chi connectivity index (χ1) is 5.49. The van der Waals surface area contributed by atoms with E-state index in [0.29, 0.717) is 12.1 Å². The molecule has 0 spiro atoms. The van der Waals surface area contributed by atoms with Gasteiger partial charge in [-0.15, -0.1) is 0 Å². The van der Waals surface area contributed by atoms with E-state index in [-0.39, 0.29) is 5.78 Å². The highest BCUT2D eigenvalue weighted by Crippen LogP contribution is 1.94. The van der Waals surface area contributed by atoms with Crippen LogP contribution in [-0.2, 0) is 4.79 Å². The molecule has 0 aliphatic rings. The van der Waals surface area contributed by atoms with Crippen molar-refractivity contribution in [2.75, 3.05) is 7.05 Å². The number of ketones is 1. The van der Waals surface area contributed by atoms with Crippen molar-refractivity contribution in [3.05, 3.63) is 0 Å². The van der Waals surface area contributed by atoms with E-state index in [1.807, 2.05) is 18.6 Å². The first kappa shape index (κ1) is 11.4. The lowest BCUT2D eigenvalue weighted by Crippen LogP contribution is -2.27. The van der Waals surface area contributed by atoms with Crippen LogP contribution in [0.15, 0.2) is 5.10 Å².